The van der Waals surface area contributed by atoms with E-state index in [0.717, 1.165) is 10.5 Å². The summed E-state index contributed by atoms with van der Waals surface area (Å²) >= 11 is 0. The molecule has 10 rings (SSSR count). The van der Waals surface area contributed by atoms with Crippen molar-refractivity contribution in [2.24, 2.45) is 5.73 Å². The van der Waals surface area contributed by atoms with Gasteiger partial charge in [0.05, 0.1) is 51.1 Å². The van der Waals surface area contributed by atoms with Gasteiger partial charge in [0.1, 0.15) is 109 Å². The highest BCUT2D eigenvalue weighted by Crippen LogP contribution is 2.37. The molecule has 0 saturated carbocycles. The molecule has 36 nitrogen and oxygen atoms in total. The summed E-state index contributed by atoms with van der Waals surface area (Å²) in [7, 11) is 0. The second kappa shape index (κ2) is 35.9. The molecule has 0 aromatic heterocycles. The second-order valence-corrected chi connectivity index (χ2v) is 26.0. The van der Waals surface area contributed by atoms with Crippen LogP contribution in [-0.2, 0) is 70.2 Å². The predicted molar refractivity (Wildman–Crippen MR) is 358 cm³/mol. The van der Waals surface area contributed by atoms with Crippen LogP contribution in [-0.4, -0.2) is 284 Å². The molecule has 1 radical (unpaired) electrons. The summed E-state index contributed by atoms with van der Waals surface area (Å²) in [4.78, 5) is 83.4. The van der Waals surface area contributed by atoms with E-state index in [2.05, 4.69) is 42.5 Å². The van der Waals surface area contributed by atoms with Crippen molar-refractivity contribution < 1.29 is 118 Å². The lowest BCUT2D eigenvalue weighted by Gasteiger charge is -2.48. The van der Waals surface area contributed by atoms with Gasteiger partial charge in [0.2, 0.25) is 42.1 Å². The molecule has 6 heterocycles. The van der Waals surface area contributed by atoms with E-state index in [1.165, 1.54) is 24.3 Å². The molecule has 6 saturated heterocycles. The molecule has 0 spiro atoms. The Morgan fingerprint density at radius 1 is 0.663 bits per heavy atom. The average molecular weight is 1460 g/mol. The number of carbonyl (C=O) groups is 5. The largest absolute Gasteiger partial charge is 0.489 e. The van der Waals surface area contributed by atoms with Gasteiger partial charge >= 0.3 is 0 Å². The number of rotatable bonds is 31. The zero-order chi connectivity index (χ0) is 74.5. The Morgan fingerprint density at radius 3 is 2.00 bits per heavy atom. The molecule has 22 N–H and O–H groups in total. The van der Waals surface area contributed by atoms with E-state index in [0.29, 0.717) is 29.0 Å². The molecule has 36 heteroatoms. The first kappa shape index (κ1) is 78.0. The quantitative estimate of drug-likeness (QED) is 0.0223. The van der Waals surface area contributed by atoms with Crippen LogP contribution >= 0.6 is 0 Å². The number of hydrogen-bond acceptors (Lipinski definition) is 27. The minimum Gasteiger partial charge on any atom is -0.489 e. The standard InChI is InChI=1S/C68H89N12O24/c1-32(35-10-6-3-7-11-35)49(79-48(85)25-72-60(94)44(27-82)78-61(95)43(77-59(93)42(69)21-37-23-73-67(70)76-37)22-39-24-74-68(71)80(39)63-54(90)51(87)50(86)45(28-83)100-63)62(96)75-38(26-81)20-33-12-16-41(17-13-33)99-65-55(91)52(88)57(46(29-84)101-65)104-66-56(92)53(89)58-47(102-66)31-98-64(103-58)36-14-18-40(19-15-36)97-30-34-8-4-2-5-9-34/h2-19,32,37-39,42-47,49-58,63-66,82-84,86-92H,20-25,27-31,69H2,1H3,(H2,71,74)(H,72,94)(H,75,96)(H,77,93)(H,78,95)(H,79,85)(H3,70,73,76)/t32?,37?,38-,39?,42+,43-,44+,45-,46-,47-,49+,50-,51+,52-,53-,54+,55+,56+,57-,58-,63+,64+,65+,66-/m1/s1. The predicted octanol–water partition coefficient (Wildman–Crippen LogP) is -6.85. The third-order valence-corrected chi connectivity index (χ3v) is 18.8. The van der Waals surface area contributed by atoms with E-state index in [1.54, 1.807) is 67.8 Å². The fourth-order valence-electron chi connectivity index (χ4n) is 12.9. The van der Waals surface area contributed by atoms with Crippen molar-refractivity contribution in [3.63, 3.8) is 0 Å². The summed E-state index contributed by atoms with van der Waals surface area (Å²) < 4.78 is 47.3. The van der Waals surface area contributed by atoms with Gasteiger partial charge in [0, 0.05) is 37.0 Å². The van der Waals surface area contributed by atoms with Crippen LogP contribution in [0.5, 0.6) is 11.5 Å². The average Bonchev–Trinajstić information content (AvgIpc) is 1.33. The van der Waals surface area contributed by atoms with Crippen molar-refractivity contribution in [1.82, 2.24) is 47.4 Å². The molecular formula is C68H89N12O24. The van der Waals surface area contributed by atoms with Crippen molar-refractivity contribution in [3.05, 3.63) is 131 Å². The van der Waals surface area contributed by atoms with Gasteiger partial charge in [-0.1, -0.05) is 91.9 Å². The van der Waals surface area contributed by atoms with Gasteiger partial charge in [-0.2, -0.15) is 0 Å². The number of amides is 5. The molecule has 24 atom stereocenters. The Bertz CT molecular complexity index is 3540. The number of hydrogen-bond donors (Lipinski definition) is 21. The number of guanidine groups is 2. The summed E-state index contributed by atoms with van der Waals surface area (Å²) in [5.74, 6) is -5.30. The van der Waals surface area contributed by atoms with Crippen LogP contribution in [0.3, 0.4) is 0 Å². The second-order valence-electron chi connectivity index (χ2n) is 26.0. The molecule has 104 heavy (non-hydrogen) atoms. The van der Waals surface area contributed by atoms with E-state index in [4.69, 9.17) is 54.4 Å². The summed E-state index contributed by atoms with van der Waals surface area (Å²) in [6.07, 6.45) is -23.3. The summed E-state index contributed by atoms with van der Waals surface area (Å²) in [5, 5.41) is 145. The van der Waals surface area contributed by atoms with Crippen molar-refractivity contribution in [2.75, 3.05) is 46.1 Å². The number of nitrogens with one attached hydrogen (secondary N) is 10. The van der Waals surface area contributed by atoms with Gasteiger partial charge in [0.25, 0.3) is 0 Å². The summed E-state index contributed by atoms with van der Waals surface area (Å²) in [5.41, 5.74) is 8.87. The van der Waals surface area contributed by atoms with Gasteiger partial charge in [-0.25, -0.2) is 0 Å². The molecule has 5 amide bonds. The van der Waals surface area contributed by atoms with Crippen LogP contribution in [0.15, 0.2) is 109 Å². The highest BCUT2D eigenvalue weighted by atomic mass is 16.8. The normalized spacial score (nSPS) is 30.6. The lowest BCUT2D eigenvalue weighted by molar-refractivity contribution is -0.383. The van der Waals surface area contributed by atoms with Crippen LogP contribution in [0.4, 0.5) is 0 Å². The molecule has 0 bridgehead atoms. The maximum Gasteiger partial charge on any atom is 0.245 e. The van der Waals surface area contributed by atoms with Crippen LogP contribution in [0.25, 0.3) is 0 Å². The van der Waals surface area contributed by atoms with Crippen LogP contribution < -0.4 is 57.7 Å². The minimum absolute atomic E-state index is 0.00419. The number of aliphatic hydroxyl groups excluding tert-OH is 10. The monoisotopic (exact) mass is 1460 g/mol. The van der Waals surface area contributed by atoms with Crippen LogP contribution in [0.2, 0.25) is 0 Å². The molecule has 0 aliphatic carbocycles. The Morgan fingerprint density at radius 2 is 1.34 bits per heavy atom. The first-order valence-corrected chi connectivity index (χ1v) is 33.8. The third kappa shape index (κ3) is 19.1. The number of benzene rings is 4. The zero-order valence-corrected chi connectivity index (χ0v) is 56.2. The molecule has 6 fully saturated rings. The van der Waals surface area contributed by atoms with Crippen LogP contribution in [0.1, 0.15) is 54.2 Å². The molecule has 565 valence electrons. The molecular weight excluding hydrogens is 1370 g/mol. The number of aliphatic hydroxyl groups is 10. The number of carbonyl (C=O) groups excluding carboxylic acids is 6. The first-order chi connectivity index (χ1) is 49.9. The smallest absolute Gasteiger partial charge is 0.245 e. The van der Waals surface area contributed by atoms with Crippen LogP contribution in [0, 0.1) is 10.8 Å². The third-order valence-electron chi connectivity index (χ3n) is 18.8. The molecule has 3 unspecified atom stereocenters. The van der Waals surface area contributed by atoms with Gasteiger partial charge in [0.15, 0.2) is 30.7 Å². The SMILES string of the molecule is CC(c1ccccc1)[C@H](NC(=O)CNC(=O)[C@H](CO)NC(=O)[C@@H](CC1CNC(=N)N1[C@H]1O[C@H](CO)[C@@H](O)[C@H](O)[C@@H]1O)NC(=O)[C@@H](N)CC1CNC(=N)N1)C(=O)N[C@@H]([C]=O)Cc1ccc(O[C@H]2O[C@H](CO)[C@@H](O[C@H]3O[C@@H]4CO[C@H](c5ccc(OCc6ccccc6)cc5)O[C@H]4[C@H](O)[C@@H]3O)[C@H](O)[C@@H]2O)cc1. The topological polar surface area (TPSA) is 552 Å². The lowest BCUT2D eigenvalue weighted by atomic mass is 9.92. The number of fused-ring (bicyclic) bond motifs is 1. The Balaban J connectivity index is 0.716. The minimum atomic E-state index is -1.85. The lowest BCUT2D eigenvalue weighted by Crippen LogP contribution is -2.66. The Hall–Kier alpha value is -8.64. The Labute approximate surface area is 595 Å². The Kier molecular flexibility index (Phi) is 26.9. The van der Waals surface area contributed by atoms with E-state index in [-0.39, 0.29) is 50.2 Å². The van der Waals surface area contributed by atoms with Gasteiger partial charge in [-0.3, -0.25) is 39.6 Å². The maximum atomic E-state index is 14.3. The van der Waals surface area contributed by atoms with Crippen molar-refractivity contribution in [2.45, 2.75) is 179 Å². The van der Waals surface area contributed by atoms with E-state index in [1.807, 2.05) is 30.3 Å². The van der Waals surface area contributed by atoms with E-state index >= 15 is 0 Å². The fourth-order valence-corrected chi connectivity index (χ4v) is 12.9. The van der Waals surface area contributed by atoms with Crippen molar-refractivity contribution in [3.8, 4) is 11.5 Å². The molecule has 4 aromatic carbocycles. The van der Waals surface area contributed by atoms with Gasteiger partial charge in [-0.05, 0) is 53.8 Å². The molecule has 6 aliphatic rings. The van der Waals surface area contributed by atoms with Gasteiger partial charge < -0.3 is 142 Å². The summed E-state index contributed by atoms with van der Waals surface area (Å²) in [6, 6.07) is 22.1. The zero-order valence-electron chi connectivity index (χ0n) is 56.2. The first-order valence-electron chi connectivity index (χ1n) is 33.8. The highest BCUT2D eigenvalue weighted by molar-refractivity contribution is 5.95. The van der Waals surface area contributed by atoms with E-state index < -0.39 is 209 Å². The molecule has 6 aliphatic heterocycles. The maximum absolute atomic E-state index is 14.3. The number of ether oxygens (including phenoxy) is 8. The highest BCUT2D eigenvalue weighted by Gasteiger charge is 2.54. The summed E-state index contributed by atoms with van der Waals surface area (Å²) in [6.45, 7) is -1.45. The van der Waals surface area contributed by atoms with E-state index in [9.17, 15) is 79.8 Å². The fraction of sp³-hybridized carbons (Fsp3) is 0.529. The van der Waals surface area contributed by atoms with Gasteiger partial charge in [-0.15, -0.1) is 0 Å². The van der Waals surface area contributed by atoms with Crippen molar-refractivity contribution in [1.29, 1.82) is 10.8 Å². The number of nitrogens with zero attached hydrogens (tertiary/aromatic N) is 1. The molecule has 4 aromatic rings. The number of nitrogens with two attached hydrogens (primary N) is 1. The van der Waals surface area contributed by atoms with Crippen molar-refractivity contribution >= 4 is 47.7 Å².